The van der Waals surface area contributed by atoms with Crippen LogP contribution in [0.4, 0.5) is 0 Å². The fraction of sp³-hybridized carbons (Fsp3) is 0.400. The van der Waals surface area contributed by atoms with Gasteiger partial charge < -0.3 is 8.83 Å². The average Bonchev–Trinajstić information content (AvgIpc) is 3.34. The third-order valence-electron chi connectivity index (χ3n) is 5.43. The number of aromatic nitrogens is 1. The fourth-order valence-electron chi connectivity index (χ4n) is 3.78. The second-order valence-corrected chi connectivity index (χ2v) is 9.18. The smallest absolute Gasteiger partial charge is 0.419 e. The molecule has 0 N–H and O–H groups in total. The molecule has 9 heteroatoms. The summed E-state index contributed by atoms with van der Waals surface area (Å²) in [6.45, 7) is -0.179. The second-order valence-electron chi connectivity index (χ2n) is 7.32. The van der Waals surface area contributed by atoms with E-state index in [0.717, 1.165) is 23.6 Å². The Bertz CT molecular complexity index is 1180. The maximum absolute atomic E-state index is 13.4. The second kappa shape index (κ2) is 7.55. The van der Waals surface area contributed by atoms with Crippen molar-refractivity contribution in [3.05, 3.63) is 52.9 Å². The van der Waals surface area contributed by atoms with Crippen LogP contribution in [0.5, 0.6) is 0 Å². The number of hydrogen-bond acceptors (Lipinski definition) is 6. The highest BCUT2D eigenvalue weighted by Crippen LogP contribution is 2.30. The van der Waals surface area contributed by atoms with Crippen molar-refractivity contribution in [3.63, 3.8) is 0 Å². The van der Waals surface area contributed by atoms with Crippen molar-refractivity contribution in [2.24, 2.45) is 13.0 Å². The molecule has 1 amide bonds. The lowest BCUT2D eigenvalue weighted by atomic mass is 9.88. The van der Waals surface area contributed by atoms with Gasteiger partial charge in [-0.15, -0.1) is 0 Å². The topological polar surface area (TPSA) is 103 Å². The van der Waals surface area contributed by atoms with Crippen molar-refractivity contribution in [1.82, 2.24) is 8.87 Å². The largest absolute Gasteiger partial charge is 0.467 e. The molecule has 0 atom stereocenters. The molecule has 0 spiro atoms. The van der Waals surface area contributed by atoms with Crippen LogP contribution in [0, 0.1) is 5.92 Å². The summed E-state index contributed by atoms with van der Waals surface area (Å²) in [5.41, 5.74) is 0.631. The van der Waals surface area contributed by atoms with Crippen LogP contribution in [0.2, 0.25) is 0 Å². The molecule has 0 saturated heterocycles. The van der Waals surface area contributed by atoms with Crippen LogP contribution >= 0.6 is 0 Å². The van der Waals surface area contributed by atoms with Crippen molar-refractivity contribution >= 4 is 27.0 Å². The number of benzene rings is 1. The van der Waals surface area contributed by atoms with Crippen LogP contribution in [0.3, 0.4) is 0 Å². The summed E-state index contributed by atoms with van der Waals surface area (Å²) in [6, 6.07) is 7.46. The number of sulfonamides is 1. The third kappa shape index (κ3) is 3.62. The van der Waals surface area contributed by atoms with E-state index in [9.17, 15) is 18.0 Å². The zero-order chi connectivity index (χ0) is 20.6. The van der Waals surface area contributed by atoms with E-state index in [2.05, 4.69) is 0 Å². The normalized spacial score (nSPS) is 15.6. The van der Waals surface area contributed by atoms with Crippen LogP contribution in [-0.4, -0.2) is 23.2 Å². The lowest BCUT2D eigenvalue weighted by molar-refractivity contribution is -0.132. The van der Waals surface area contributed by atoms with Crippen LogP contribution in [0.25, 0.3) is 11.1 Å². The van der Waals surface area contributed by atoms with Crippen molar-refractivity contribution in [1.29, 1.82) is 0 Å². The Morgan fingerprint density at radius 1 is 1.21 bits per heavy atom. The Hall–Kier alpha value is -2.81. The van der Waals surface area contributed by atoms with Gasteiger partial charge in [0.15, 0.2) is 5.58 Å². The van der Waals surface area contributed by atoms with E-state index >= 15 is 0 Å². The molecule has 1 fully saturated rings. The van der Waals surface area contributed by atoms with Gasteiger partial charge in [0.1, 0.15) is 5.76 Å². The molecule has 1 saturated carbocycles. The molecule has 2 aromatic heterocycles. The van der Waals surface area contributed by atoms with E-state index in [1.54, 1.807) is 12.1 Å². The molecular weight excluding hydrogens is 396 g/mol. The average molecular weight is 418 g/mol. The Kier molecular flexibility index (Phi) is 5.08. The molecular formula is C20H22N2O6S. The quantitative estimate of drug-likeness (QED) is 0.631. The number of nitrogens with zero attached hydrogens (tertiary/aromatic N) is 2. The summed E-state index contributed by atoms with van der Waals surface area (Å²) >= 11 is 0. The Balaban J connectivity index is 1.75. The first-order valence-electron chi connectivity index (χ1n) is 9.56. The lowest BCUT2D eigenvalue weighted by Crippen LogP contribution is -2.40. The van der Waals surface area contributed by atoms with E-state index < -0.39 is 21.7 Å². The molecule has 154 valence electrons. The predicted molar refractivity (Wildman–Crippen MR) is 104 cm³/mol. The van der Waals surface area contributed by atoms with Gasteiger partial charge in [-0.2, -0.15) is 0 Å². The van der Waals surface area contributed by atoms with E-state index in [4.69, 9.17) is 8.83 Å². The molecule has 0 aliphatic heterocycles. The summed E-state index contributed by atoms with van der Waals surface area (Å²) in [6.07, 6.45) is 5.66. The number of carbonyl (C=O) groups excluding carboxylic acids is 1. The Labute approximate surface area is 167 Å². The van der Waals surface area contributed by atoms with Gasteiger partial charge in [-0.05, 0) is 37.1 Å². The minimum atomic E-state index is -4.17. The fourth-order valence-corrected chi connectivity index (χ4v) is 5.21. The van der Waals surface area contributed by atoms with Gasteiger partial charge in [0.05, 0.1) is 23.2 Å². The predicted octanol–water partition coefficient (Wildman–Crippen LogP) is 3.02. The summed E-state index contributed by atoms with van der Waals surface area (Å²) in [4.78, 5) is 24.8. The number of carbonyl (C=O) groups is 1. The van der Waals surface area contributed by atoms with Gasteiger partial charge in [0.2, 0.25) is 5.91 Å². The number of fused-ring (bicyclic) bond motifs is 1. The van der Waals surface area contributed by atoms with Crippen LogP contribution < -0.4 is 5.76 Å². The zero-order valence-electron chi connectivity index (χ0n) is 16.0. The molecule has 0 unspecified atom stereocenters. The zero-order valence-corrected chi connectivity index (χ0v) is 16.9. The highest BCUT2D eigenvalue weighted by atomic mass is 32.2. The van der Waals surface area contributed by atoms with Gasteiger partial charge in [0.25, 0.3) is 10.0 Å². The van der Waals surface area contributed by atoms with Crippen molar-refractivity contribution < 1.29 is 22.0 Å². The number of amides is 1. The third-order valence-corrected chi connectivity index (χ3v) is 7.17. The lowest BCUT2D eigenvalue weighted by Gasteiger charge is -2.28. The molecule has 0 bridgehead atoms. The first-order valence-corrected chi connectivity index (χ1v) is 11.0. The molecule has 8 nitrogen and oxygen atoms in total. The summed E-state index contributed by atoms with van der Waals surface area (Å²) < 4.78 is 39.4. The Morgan fingerprint density at radius 2 is 1.97 bits per heavy atom. The van der Waals surface area contributed by atoms with Crippen molar-refractivity contribution in [2.45, 2.75) is 43.5 Å². The van der Waals surface area contributed by atoms with E-state index in [1.165, 1.54) is 36.1 Å². The summed E-state index contributed by atoms with van der Waals surface area (Å²) in [7, 11) is -2.63. The highest BCUT2D eigenvalue weighted by molar-refractivity contribution is 7.89. The first kappa shape index (κ1) is 19.5. The monoisotopic (exact) mass is 418 g/mol. The SMILES string of the molecule is Cn1c(=O)oc2cc(S(=O)(=O)N(Cc3ccco3)C(=O)C3CCCCC3)ccc21. The molecule has 2 heterocycles. The van der Waals surface area contributed by atoms with Crippen molar-refractivity contribution in [3.8, 4) is 0 Å². The highest BCUT2D eigenvalue weighted by Gasteiger charge is 2.35. The van der Waals surface area contributed by atoms with E-state index in [-0.39, 0.29) is 22.9 Å². The molecule has 1 aliphatic carbocycles. The molecule has 3 aromatic rings. The van der Waals surface area contributed by atoms with Gasteiger partial charge in [0, 0.05) is 19.0 Å². The summed E-state index contributed by atoms with van der Waals surface area (Å²) in [5.74, 6) is -0.951. The van der Waals surface area contributed by atoms with E-state index in [1.807, 2.05) is 0 Å². The Morgan fingerprint density at radius 3 is 2.66 bits per heavy atom. The number of oxazole rings is 1. The van der Waals surface area contributed by atoms with Gasteiger partial charge in [-0.3, -0.25) is 9.36 Å². The minimum Gasteiger partial charge on any atom is -0.467 e. The minimum absolute atomic E-state index is 0.102. The van der Waals surface area contributed by atoms with E-state index in [0.29, 0.717) is 24.1 Å². The van der Waals surface area contributed by atoms with Gasteiger partial charge >= 0.3 is 5.76 Å². The molecule has 1 aliphatic rings. The van der Waals surface area contributed by atoms with Crippen LogP contribution in [-0.2, 0) is 28.4 Å². The molecule has 0 radical (unpaired) electrons. The molecule has 29 heavy (non-hydrogen) atoms. The number of aryl methyl sites for hydroxylation is 1. The maximum atomic E-state index is 13.4. The standard InChI is InChI=1S/C20H22N2O6S/c1-21-17-10-9-16(12-18(17)28-20(21)24)29(25,26)22(13-15-8-5-11-27-15)19(23)14-6-3-2-4-7-14/h5,8-12,14H,2-4,6-7,13H2,1H3. The van der Waals surface area contributed by atoms with Gasteiger partial charge in [-0.1, -0.05) is 19.3 Å². The van der Waals surface area contributed by atoms with Crippen LogP contribution in [0.1, 0.15) is 37.9 Å². The summed E-state index contributed by atoms with van der Waals surface area (Å²) in [5, 5.41) is 0. The number of furan rings is 1. The van der Waals surface area contributed by atoms with Crippen molar-refractivity contribution in [2.75, 3.05) is 0 Å². The molecule has 1 aromatic carbocycles. The van der Waals surface area contributed by atoms with Crippen LogP contribution in [0.15, 0.2) is 55.1 Å². The number of rotatable bonds is 5. The van der Waals surface area contributed by atoms with Gasteiger partial charge in [-0.25, -0.2) is 17.5 Å². The maximum Gasteiger partial charge on any atom is 0.419 e. The number of hydrogen-bond donors (Lipinski definition) is 0. The first-order chi connectivity index (χ1) is 13.9. The molecule has 4 rings (SSSR count).